The number of amides is 1. The van der Waals surface area contributed by atoms with Gasteiger partial charge in [-0.2, -0.15) is 18.3 Å². The van der Waals surface area contributed by atoms with Gasteiger partial charge in [-0.15, -0.1) is 0 Å². The summed E-state index contributed by atoms with van der Waals surface area (Å²) in [5.74, 6) is -0.613. The highest BCUT2D eigenvalue weighted by Crippen LogP contribution is 2.30. The van der Waals surface area contributed by atoms with Crippen LogP contribution in [0.5, 0.6) is 0 Å². The molecule has 1 aromatic heterocycles. The fraction of sp³-hybridized carbons (Fsp3) is 0.261. The van der Waals surface area contributed by atoms with E-state index in [1.165, 1.54) is 27.8 Å². The van der Waals surface area contributed by atoms with Crippen molar-refractivity contribution >= 4 is 11.6 Å². The Hall–Kier alpha value is -3.42. The van der Waals surface area contributed by atoms with Crippen LogP contribution in [0.3, 0.4) is 0 Å². The number of aryl methyl sites for hydroxylation is 3. The summed E-state index contributed by atoms with van der Waals surface area (Å²) in [7, 11) is 0. The summed E-state index contributed by atoms with van der Waals surface area (Å²) in [4.78, 5) is 27.2. The third kappa shape index (κ3) is 4.68. The first-order chi connectivity index (χ1) is 14.5. The summed E-state index contributed by atoms with van der Waals surface area (Å²) in [6.45, 7) is 7.42. The maximum Gasteiger partial charge on any atom is 0.416 e. The number of rotatable bonds is 4. The standard InChI is InChI=1S/C23H22F3N3O2/c1-5-28(19-10-14(2)9-15(3)11-19)22(31)21-20(30)12-16(4)29(27-21)18-8-6-7-17(13-18)23(24,25)26/h6-13H,5H2,1-4H3. The third-order valence-corrected chi connectivity index (χ3v) is 4.81. The van der Waals surface area contributed by atoms with Crippen LogP contribution >= 0.6 is 0 Å². The summed E-state index contributed by atoms with van der Waals surface area (Å²) in [6, 6.07) is 11.4. The first kappa shape index (κ1) is 22.3. The zero-order chi connectivity index (χ0) is 22.9. The molecule has 162 valence electrons. The van der Waals surface area contributed by atoms with Crippen LogP contribution in [0, 0.1) is 20.8 Å². The number of aromatic nitrogens is 2. The number of hydrogen-bond donors (Lipinski definition) is 0. The molecule has 8 heteroatoms. The number of benzene rings is 2. The molecule has 0 fully saturated rings. The van der Waals surface area contributed by atoms with Crippen molar-refractivity contribution in [1.82, 2.24) is 9.78 Å². The Labute approximate surface area is 177 Å². The Morgan fingerprint density at radius 1 is 1.03 bits per heavy atom. The number of carbonyl (C=O) groups is 1. The predicted octanol–water partition coefficient (Wildman–Crippen LogP) is 4.84. The zero-order valence-corrected chi connectivity index (χ0v) is 17.6. The quantitative estimate of drug-likeness (QED) is 0.596. The van der Waals surface area contributed by atoms with Crippen LogP contribution in [-0.2, 0) is 6.18 Å². The molecule has 0 aliphatic rings. The molecule has 0 saturated carbocycles. The molecule has 3 aromatic rings. The lowest BCUT2D eigenvalue weighted by molar-refractivity contribution is -0.137. The number of anilines is 1. The van der Waals surface area contributed by atoms with Gasteiger partial charge in [0.25, 0.3) is 5.91 Å². The molecule has 0 aliphatic heterocycles. The first-order valence-electron chi connectivity index (χ1n) is 9.70. The second kappa shape index (κ2) is 8.37. The maximum absolute atomic E-state index is 13.2. The second-order valence-electron chi connectivity index (χ2n) is 7.35. The van der Waals surface area contributed by atoms with Gasteiger partial charge < -0.3 is 4.90 Å². The van der Waals surface area contributed by atoms with Crippen molar-refractivity contribution in [2.24, 2.45) is 0 Å². The van der Waals surface area contributed by atoms with Gasteiger partial charge in [0.05, 0.1) is 11.3 Å². The van der Waals surface area contributed by atoms with Crippen molar-refractivity contribution in [1.29, 1.82) is 0 Å². The molecule has 0 N–H and O–H groups in total. The number of nitrogens with zero attached hydrogens (tertiary/aromatic N) is 3. The van der Waals surface area contributed by atoms with Crippen molar-refractivity contribution < 1.29 is 18.0 Å². The van der Waals surface area contributed by atoms with Crippen LogP contribution in [0.2, 0.25) is 0 Å². The highest BCUT2D eigenvalue weighted by molar-refractivity contribution is 6.04. The monoisotopic (exact) mass is 429 g/mol. The minimum Gasteiger partial charge on any atom is -0.307 e. The van der Waals surface area contributed by atoms with Gasteiger partial charge >= 0.3 is 6.18 Å². The predicted molar refractivity (Wildman–Crippen MR) is 113 cm³/mol. The van der Waals surface area contributed by atoms with Crippen molar-refractivity contribution in [3.8, 4) is 5.69 Å². The Morgan fingerprint density at radius 2 is 1.68 bits per heavy atom. The van der Waals surface area contributed by atoms with Crippen LogP contribution in [-0.4, -0.2) is 22.2 Å². The average Bonchev–Trinajstić information content (AvgIpc) is 2.67. The average molecular weight is 429 g/mol. The van der Waals surface area contributed by atoms with E-state index in [9.17, 15) is 22.8 Å². The van der Waals surface area contributed by atoms with Gasteiger partial charge in [0.1, 0.15) is 0 Å². The van der Waals surface area contributed by atoms with Crippen molar-refractivity contribution in [2.75, 3.05) is 11.4 Å². The first-order valence-corrected chi connectivity index (χ1v) is 9.70. The Kier molecular flexibility index (Phi) is 6.01. The fourth-order valence-corrected chi connectivity index (χ4v) is 3.45. The van der Waals surface area contributed by atoms with Crippen LogP contribution < -0.4 is 10.3 Å². The second-order valence-corrected chi connectivity index (χ2v) is 7.35. The molecule has 5 nitrogen and oxygen atoms in total. The van der Waals surface area contributed by atoms with Gasteiger partial charge in [-0.1, -0.05) is 12.1 Å². The Morgan fingerprint density at radius 3 is 2.26 bits per heavy atom. The lowest BCUT2D eigenvalue weighted by atomic mass is 10.1. The normalized spacial score (nSPS) is 11.5. The summed E-state index contributed by atoms with van der Waals surface area (Å²) in [5.41, 5.74) is 1.17. The van der Waals surface area contributed by atoms with E-state index >= 15 is 0 Å². The molecule has 0 aliphatic carbocycles. The molecular formula is C23H22F3N3O2. The lowest BCUT2D eigenvalue weighted by Crippen LogP contribution is -2.36. The number of carbonyl (C=O) groups excluding carboxylic acids is 1. The van der Waals surface area contributed by atoms with Crippen LogP contribution in [0.15, 0.2) is 53.3 Å². The molecule has 0 spiro atoms. The van der Waals surface area contributed by atoms with Crippen LogP contribution in [0.1, 0.15) is 39.8 Å². The van der Waals surface area contributed by atoms with E-state index in [2.05, 4.69) is 5.10 Å². The van der Waals surface area contributed by atoms with E-state index < -0.39 is 23.1 Å². The largest absolute Gasteiger partial charge is 0.416 e. The van der Waals surface area contributed by atoms with E-state index in [1.54, 1.807) is 13.8 Å². The molecule has 1 heterocycles. The minimum absolute atomic E-state index is 0.107. The highest BCUT2D eigenvalue weighted by Gasteiger charge is 2.31. The van der Waals surface area contributed by atoms with Gasteiger partial charge in [-0.25, -0.2) is 4.68 Å². The molecule has 0 bridgehead atoms. The van der Waals surface area contributed by atoms with Gasteiger partial charge in [-0.3, -0.25) is 9.59 Å². The lowest BCUT2D eigenvalue weighted by Gasteiger charge is -2.22. The molecule has 31 heavy (non-hydrogen) atoms. The number of hydrogen-bond acceptors (Lipinski definition) is 3. The molecule has 2 aromatic carbocycles. The molecule has 0 radical (unpaired) electrons. The number of halogens is 3. The zero-order valence-electron chi connectivity index (χ0n) is 17.6. The maximum atomic E-state index is 13.2. The van der Waals surface area contributed by atoms with E-state index in [-0.39, 0.29) is 11.4 Å². The van der Waals surface area contributed by atoms with Crippen molar-refractivity contribution in [3.63, 3.8) is 0 Å². The van der Waals surface area contributed by atoms with Gasteiger partial charge in [-0.05, 0) is 69.2 Å². The summed E-state index contributed by atoms with van der Waals surface area (Å²) < 4.78 is 40.5. The Balaban J connectivity index is 2.10. The number of alkyl halides is 3. The van der Waals surface area contributed by atoms with E-state index in [1.807, 2.05) is 32.0 Å². The minimum atomic E-state index is -4.52. The molecule has 0 unspecified atom stereocenters. The topological polar surface area (TPSA) is 55.2 Å². The SMILES string of the molecule is CCN(C(=O)c1nn(-c2cccc(C(F)(F)F)c2)c(C)cc1=O)c1cc(C)cc(C)c1. The van der Waals surface area contributed by atoms with E-state index in [4.69, 9.17) is 0 Å². The summed E-state index contributed by atoms with van der Waals surface area (Å²) in [6.07, 6.45) is -4.52. The van der Waals surface area contributed by atoms with Gasteiger partial charge in [0.15, 0.2) is 5.69 Å². The summed E-state index contributed by atoms with van der Waals surface area (Å²) >= 11 is 0. The molecule has 0 saturated heterocycles. The fourth-order valence-electron chi connectivity index (χ4n) is 3.45. The van der Waals surface area contributed by atoms with E-state index in [0.29, 0.717) is 17.9 Å². The highest BCUT2D eigenvalue weighted by atomic mass is 19.4. The molecule has 3 rings (SSSR count). The molecular weight excluding hydrogens is 407 g/mol. The summed E-state index contributed by atoms with van der Waals surface area (Å²) in [5, 5.41) is 4.15. The van der Waals surface area contributed by atoms with Crippen LogP contribution in [0.25, 0.3) is 5.69 Å². The molecule has 1 amide bonds. The third-order valence-electron chi connectivity index (χ3n) is 4.81. The van der Waals surface area contributed by atoms with Crippen LogP contribution in [0.4, 0.5) is 18.9 Å². The van der Waals surface area contributed by atoms with E-state index in [0.717, 1.165) is 23.3 Å². The van der Waals surface area contributed by atoms with Crippen molar-refractivity contribution in [3.05, 3.63) is 86.8 Å². The smallest absolute Gasteiger partial charge is 0.307 e. The Bertz CT molecular complexity index is 1180. The molecule has 0 atom stereocenters. The van der Waals surface area contributed by atoms with Gasteiger partial charge in [0, 0.05) is 24.0 Å². The van der Waals surface area contributed by atoms with Gasteiger partial charge in [0.2, 0.25) is 5.43 Å². The van der Waals surface area contributed by atoms with Crippen molar-refractivity contribution in [2.45, 2.75) is 33.9 Å².